The quantitative estimate of drug-likeness (QED) is 0.720. The zero-order chi connectivity index (χ0) is 9.26. The largest absolute Gasteiger partial charge is 0.508 e. The van der Waals surface area contributed by atoms with Crippen molar-refractivity contribution in [3.63, 3.8) is 0 Å². The number of phenols is 1. The number of methoxy groups -OCH3 is 1. The highest BCUT2D eigenvalue weighted by Crippen LogP contribution is 2.21. The maximum absolute atomic E-state index is 9.23. The number of rotatable bonds is 1. The van der Waals surface area contributed by atoms with Gasteiger partial charge in [0.1, 0.15) is 11.5 Å². The molecule has 66 valence electrons. The van der Waals surface area contributed by atoms with Gasteiger partial charge in [0.15, 0.2) is 0 Å². The van der Waals surface area contributed by atoms with Crippen molar-refractivity contribution in [3.8, 4) is 11.5 Å². The van der Waals surface area contributed by atoms with E-state index >= 15 is 0 Å². The molecular formula is C10H9NO2. The molecule has 0 radical (unpaired) electrons. The number of aromatic hydroxyl groups is 1. The summed E-state index contributed by atoms with van der Waals surface area (Å²) in [4.78, 5) is 4.16. The molecule has 0 aliphatic carbocycles. The third kappa shape index (κ3) is 1.40. The van der Waals surface area contributed by atoms with E-state index in [1.54, 1.807) is 31.5 Å². The van der Waals surface area contributed by atoms with E-state index in [9.17, 15) is 5.11 Å². The molecule has 0 amide bonds. The summed E-state index contributed by atoms with van der Waals surface area (Å²) in [6.07, 6.45) is 1.65. The van der Waals surface area contributed by atoms with Gasteiger partial charge in [0.25, 0.3) is 0 Å². The lowest BCUT2D eigenvalue weighted by molar-refractivity contribution is 0.413. The third-order valence-electron chi connectivity index (χ3n) is 1.88. The Morgan fingerprint density at radius 2 is 2.15 bits per heavy atom. The first-order valence-corrected chi connectivity index (χ1v) is 3.92. The molecule has 0 saturated heterocycles. The molecule has 13 heavy (non-hydrogen) atoms. The Hall–Kier alpha value is -1.77. The van der Waals surface area contributed by atoms with E-state index in [2.05, 4.69) is 4.98 Å². The number of aromatic nitrogens is 1. The number of benzene rings is 1. The minimum atomic E-state index is 0.238. The van der Waals surface area contributed by atoms with Crippen LogP contribution in [0.4, 0.5) is 0 Å². The molecular weight excluding hydrogens is 166 g/mol. The van der Waals surface area contributed by atoms with Gasteiger partial charge in [0, 0.05) is 5.39 Å². The number of hydrogen-bond acceptors (Lipinski definition) is 3. The molecule has 3 heteroatoms. The van der Waals surface area contributed by atoms with Crippen molar-refractivity contribution < 1.29 is 9.84 Å². The van der Waals surface area contributed by atoms with Crippen LogP contribution in [0.15, 0.2) is 30.5 Å². The van der Waals surface area contributed by atoms with Crippen LogP contribution in [-0.2, 0) is 0 Å². The van der Waals surface area contributed by atoms with Gasteiger partial charge in [-0.1, -0.05) is 0 Å². The second-order valence-corrected chi connectivity index (χ2v) is 2.75. The van der Waals surface area contributed by atoms with Gasteiger partial charge >= 0.3 is 0 Å². The van der Waals surface area contributed by atoms with Crippen LogP contribution in [-0.4, -0.2) is 17.2 Å². The Bertz CT molecular complexity index is 440. The van der Waals surface area contributed by atoms with Gasteiger partial charge in [-0.2, -0.15) is 0 Å². The van der Waals surface area contributed by atoms with Crippen molar-refractivity contribution in [1.29, 1.82) is 0 Å². The number of ether oxygens (including phenoxy) is 1. The van der Waals surface area contributed by atoms with Crippen molar-refractivity contribution in [2.24, 2.45) is 0 Å². The smallest absolute Gasteiger partial charge is 0.137 e. The van der Waals surface area contributed by atoms with Crippen LogP contribution >= 0.6 is 0 Å². The first-order chi connectivity index (χ1) is 6.29. The van der Waals surface area contributed by atoms with Crippen molar-refractivity contribution in [2.45, 2.75) is 0 Å². The van der Waals surface area contributed by atoms with Gasteiger partial charge in [-0.05, 0) is 24.3 Å². The molecule has 1 aromatic carbocycles. The lowest BCUT2D eigenvalue weighted by atomic mass is 10.2. The summed E-state index contributed by atoms with van der Waals surface area (Å²) < 4.78 is 5.02. The summed E-state index contributed by atoms with van der Waals surface area (Å²) in [6, 6.07) is 6.87. The predicted octanol–water partition coefficient (Wildman–Crippen LogP) is 1.95. The monoisotopic (exact) mass is 175 g/mol. The van der Waals surface area contributed by atoms with Gasteiger partial charge in [0.05, 0.1) is 18.8 Å². The van der Waals surface area contributed by atoms with Crippen molar-refractivity contribution in [1.82, 2.24) is 4.98 Å². The van der Waals surface area contributed by atoms with Crippen LogP contribution in [0.3, 0.4) is 0 Å². The first-order valence-electron chi connectivity index (χ1n) is 3.92. The Morgan fingerprint density at radius 1 is 1.31 bits per heavy atom. The van der Waals surface area contributed by atoms with Gasteiger partial charge in [-0.25, -0.2) is 0 Å². The fourth-order valence-electron chi connectivity index (χ4n) is 1.21. The van der Waals surface area contributed by atoms with E-state index in [1.807, 2.05) is 6.07 Å². The van der Waals surface area contributed by atoms with Crippen LogP contribution < -0.4 is 4.74 Å². The van der Waals surface area contributed by atoms with Crippen LogP contribution in [0, 0.1) is 0 Å². The van der Waals surface area contributed by atoms with E-state index in [4.69, 9.17) is 4.74 Å². The van der Waals surface area contributed by atoms with Gasteiger partial charge < -0.3 is 9.84 Å². The van der Waals surface area contributed by atoms with E-state index in [0.717, 1.165) is 10.9 Å². The molecule has 2 rings (SSSR count). The molecule has 0 atom stereocenters. The average Bonchev–Trinajstić information content (AvgIpc) is 2.16. The molecule has 2 aromatic rings. The molecule has 1 heterocycles. The summed E-state index contributed by atoms with van der Waals surface area (Å²) in [5, 5.41) is 10.1. The molecule has 0 aliphatic heterocycles. The lowest BCUT2D eigenvalue weighted by Crippen LogP contribution is -1.84. The summed E-state index contributed by atoms with van der Waals surface area (Å²) >= 11 is 0. The molecule has 0 saturated carbocycles. The van der Waals surface area contributed by atoms with Crippen LogP contribution in [0.2, 0.25) is 0 Å². The van der Waals surface area contributed by atoms with Gasteiger partial charge in [-0.3, -0.25) is 4.98 Å². The summed E-state index contributed by atoms with van der Waals surface area (Å²) in [7, 11) is 1.59. The minimum absolute atomic E-state index is 0.238. The van der Waals surface area contributed by atoms with Gasteiger partial charge in [-0.15, -0.1) is 0 Å². The number of nitrogens with zero attached hydrogens (tertiary/aromatic N) is 1. The van der Waals surface area contributed by atoms with Crippen LogP contribution in [0.5, 0.6) is 11.5 Å². The van der Waals surface area contributed by atoms with Crippen LogP contribution in [0.1, 0.15) is 0 Å². The molecule has 0 fully saturated rings. The van der Waals surface area contributed by atoms with Crippen molar-refractivity contribution in [3.05, 3.63) is 30.5 Å². The van der Waals surface area contributed by atoms with E-state index in [-0.39, 0.29) is 5.75 Å². The SMILES string of the molecule is COc1cnc2ccc(O)cc2c1. The zero-order valence-corrected chi connectivity index (χ0v) is 7.19. The Kier molecular flexibility index (Phi) is 1.77. The van der Waals surface area contributed by atoms with Crippen molar-refractivity contribution >= 4 is 10.9 Å². The van der Waals surface area contributed by atoms with Crippen molar-refractivity contribution in [2.75, 3.05) is 7.11 Å². The third-order valence-corrected chi connectivity index (χ3v) is 1.88. The first kappa shape index (κ1) is 7.86. The standard InChI is InChI=1S/C10H9NO2/c1-13-9-5-7-4-8(12)2-3-10(7)11-6-9/h2-6,12H,1H3. The van der Waals surface area contributed by atoms with Crippen LogP contribution in [0.25, 0.3) is 10.9 Å². The molecule has 1 aromatic heterocycles. The number of hydrogen-bond donors (Lipinski definition) is 1. The highest BCUT2D eigenvalue weighted by Gasteiger charge is 1.98. The minimum Gasteiger partial charge on any atom is -0.508 e. The topological polar surface area (TPSA) is 42.4 Å². The predicted molar refractivity (Wildman–Crippen MR) is 50.0 cm³/mol. The second-order valence-electron chi connectivity index (χ2n) is 2.75. The number of phenolic OH excluding ortho intramolecular Hbond substituents is 1. The van der Waals surface area contributed by atoms with Gasteiger partial charge in [0.2, 0.25) is 0 Å². The highest BCUT2D eigenvalue weighted by molar-refractivity contribution is 5.81. The van der Waals surface area contributed by atoms with E-state index in [1.165, 1.54) is 0 Å². The molecule has 0 bridgehead atoms. The number of fused-ring (bicyclic) bond motifs is 1. The molecule has 0 unspecified atom stereocenters. The average molecular weight is 175 g/mol. The number of pyridine rings is 1. The maximum atomic E-state index is 9.23. The fraction of sp³-hybridized carbons (Fsp3) is 0.100. The Morgan fingerprint density at radius 3 is 2.92 bits per heavy atom. The second kappa shape index (κ2) is 2.94. The van der Waals surface area contributed by atoms with E-state index in [0.29, 0.717) is 5.75 Å². The Labute approximate surface area is 75.6 Å². The molecule has 1 N–H and O–H groups in total. The summed E-state index contributed by atoms with van der Waals surface area (Å²) in [5.41, 5.74) is 0.846. The molecule has 0 spiro atoms. The highest BCUT2D eigenvalue weighted by atomic mass is 16.5. The Balaban J connectivity index is 2.68. The lowest BCUT2D eigenvalue weighted by Gasteiger charge is -2.01. The molecule has 0 aliphatic rings. The summed E-state index contributed by atoms with van der Waals surface area (Å²) in [5.74, 6) is 0.931. The normalized spacial score (nSPS) is 10.2. The zero-order valence-electron chi connectivity index (χ0n) is 7.19. The maximum Gasteiger partial charge on any atom is 0.137 e. The summed E-state index contributed by atoms with van der Waals surface area (Å²) in [6.45, 7) is 0. The fourth-order valence-corrected chi connectivity index (χ4v) is 1.21. The molecule has 3 nitrogen and oxygen atoms in total. The van der Waals surface area contributed by atoms with E-state index < -0.39 is 0 Å².